The van der Waals surface area contributed by atoms with Crippen molar-refractivity contribution in [1.82, 2.24) is 14.7 Å². The molecule has 2 saturated heterocycles. The molecule has 1 aromatic rings. The van der Waals surface area contributed by atoms with Crippen molar-refractivity contribution in [3.8, 4) is 0 Å². The van der Waals surface area contributed by atoms with Gasteiger partial charge in [0.1, 0.15) is 6.61 Å². The molecule has 6 heteroatoms. The second-order valence-corrected chi connectivity index (χ2v) is 6.80. The van der Waals surface area contributed by atoms with Gasteiger partial charge in [0.05, 0.1) is 0 Å². The highest BCUT2D eigenvalue weighted by Crippen LogP contribution is 2.19. The predicted octanol–water partition coefficient (Wildman–Crippen LogP) is 1.95. The number of piperazine rings is 1. The summed E-state index contributed by atoms with van der Waals surface area (Å²) in [6.07, 6.45) is 1.73. The molecule has 2 heterocycles. The average Bonchev–Trinajstić information content (AvgIpc) is 2.67. The minimum atomic E-state index is -0.219. The fourth-order valence-electron chi connectivity index (χ4n) is 3.63. The van der Waals surface area contributed by atoms with Crippen molar-refractivity contribution in [1.29, 1.82) is 0 Å². The van der Waals surface area contributed by atoms with Gasteiger partial charge in [0, 0.05) is 52.2 Å². The van der Waals surface area contributed by atoms with Crippen LogP contribution in [-0.4, -0.2) is 72.0 Å². The number of rotatable bonds is 3. The number of nitrogens with zero attached hydrogens (tertiary/aromatic N) is 3. The van der Waals surface area contributed by atoms with Crippen molar-refractivity contribution in [2.75, 3.05) is 39.3 Å². The molecule has 2 aliphatic heterocycles. The number of hydrogen-bond donors (Lipinski definition) is 0. The van der Waals surface area contributed by atoms with Gasteiger partial charge in [-0.3, -0.25) is 9.69 Å². The summed E-state index contributed by atoms with van der Waals surface area (Å²) in [5.74, 6) is 0.163. The van der Waals surface area contributed by atoms with E-state index in [1.54, 1.807) is 6.92 Å². The first kappa shape index (κ1) is 17.7. The van der Waals surface area contributed by atoms with Crippen molar-refractivity contribution in [3.05, 3.63) is 35.9 Å². The molecule has 0 aromatic heterocycles. The first-order valence-electron chi connectivity index (χ1n) is 9.08. The van der Waals surface area contributed by atoms with Crippen LogP contribution in [0.4, 0.5) is 4.79 Å². The highest BCUT2D eigenvalue weighted by atomic mass is 16.6. The molecule has 0 saturated carbocycles. The molecule has 25 heavy (non-hydrogen) atoms. The molecule has 0 aliphatic carbocycles. The largest absolute Gasteiger partial charge is 0.445 e. The molecule has 6 nitrogen and oxygen atoms in total. The van der Waals surface area contributed by atoms with Crippen molar-refractivity contribution in [2.24, 2.45) is 0 Å². The first-order chi connectivity index (χ1) is 12.1. The maximum Gasteiger partial charge on any atom is 0.410 e. The number of hydrogen-bond acceptors (Lipinski definition) is 4. The van der Waals surface area contributed by atoms with Crippen LogP contribution < -0.4 is 0 Å². The van der Waals surface area contributed by atoms with E-state index >= 15 is 0 Å². The Balaban J connectivity index is 1.40. The fourth-order valence-corrected chi connectivity index (χ4v) is 3.63. The van der Waals surface area contributed by atoms with Gasteiger partial charge in [-0.05, 0) is 18.4 Å². The lowest BCUT2D eigenvalue weighted by Crippen LogP contribution is -2.54. The van der Waals surface area contributed by atoms with E-state index < -0.39 is 0 Å². The molecule has 2 fully saturated rings. The van der Waals surface area contributed by atoms with Gasteiger partial charge in [0.15, 0.2) is 0 Å². The highest BCUT2D eigenvalue weighted by molar-refractivity contribution is 5.73. The number of amides is 2. The van der Waals surface area contributed by atoms with Gasteiger partial charge in [-0.2, -0.15) is 0 Å². The number of benzene rings is 1. The zero-order chi connectivity index (χ0) is 17.6. The second kappa shape index (κ2) is 8.34. The molecule has 136 valence electrons. The number of likely N-dealkylation sites (tertiary alicyclic amines) is 1. The van der Waals surface area contributed by atoms with Crippen LogP contribution in [0.15, 0.2) is 30.3 Å². The summed E-state index contributed by atoms with van der Waals surface area (Å²) in [6.45, 7) is 6.94. The predicted molar refractivity (Wildman–Crippen MR) is 95.0 cm³/mol. The maximum atomic E-state index is 12.2. The summed E-state index contributed by atoms with van der Waals surface area (Å²) >= 11 is 0. The summed E-state index contributed by atoms with van der Waals surface area (Å²) in [6, 6.07) is 10.3. The van der Waals surface area contributed by atoms with Gasteiger partial charge in [-0.1, -0.05) is 30.3 Å². The monoisotopic (exact) mass is 345 g/mol. The van der Waals surface area contributed by atoms with Gasteiger partial charge in [0.2, 0.25) is 5.91 Å². The van der Waals surface area contributed by atoms with Crippen LogP contribution in [0.3, 0.4) is 0 Å². The van der Waals surface area contributed by atoms with Crippen molar-refractivity contribution in [3.63, 3.8) is 0 Å². The Bertz CT molecular complexity index is 577. The van der Waals surface area contributed by atoms with E-state index in [2.05, 4.69) is 4.90 Å². The lowest BCUT2D eigenvalue weighted by molar-refractivity contribution is -0.131. The quantitative estimate of drug-likeness (QED) is 0.840. The first-order valence-corrected chi connectivity index (χ1v) is 9.08. The third-order valence-corrected chi connectivity index (χ3v) is 5.20. The van der Waals surface area contributed by atoms with Crippen LogP contribution in [0.25, 0.3) is 0 Å². The Kier molecular flexibility index (Phi) is 5.91. The van der Waals surface area contributed by atoms with Crippen LogP contribution >= 0.6 is 0 Å². The van der Waals surface area contributed by atoms with Crippen molar-refractivity contribution < 1.29 is 14.3 Å². The molecule has 2 amide bonds. The van der Waals surface area contributed by atoms with Gasteiger partial charge in [-0.15, -0.1) is 0 Å². The third kappa shape index (κ3) is 4.72. The SMILES string of the molecule is CC(=O)N1CCN(C2CCN(C(=O)OCc3ccccc3)CC2)CC1. The normalized spacial score (nSPS) is 19.7. The van der Waals surface area contributed by atoms with E-state index in [4.69, 9.17) is 4.74 Å². The Labute approximate surface area is 149 Å². The standard InChI is InChI=1S/C19H27N3O3/c1-16(23)20-11-13-21(14-12-20)18-7-9-22(10-8-18)19(24)25-15-17-5-3-2-4-6-17/h2-6,18H,7-15H2,1H3. The molecule has 0 bridgehead atoms. The van der Waals surface area contributed by atoms with Crippen LogP contribution in [0.5, 0.6) is 0 Å². The lowest BCUT2D eigenvalue weighted by atomic mass is 10.0. The van der Waals surface area contributed by atoms with Crippen LogP contribution in [0.2, 0.25) is 0 Å². The lowest BCUT2D eigenvalue weighted by Gasteiger charge is -2.42. The maximum absolute atomic E-state index is 12.2. The number of carbonyl (C=O) groups excluding carboxylic acids is 2. The molecule has 0 radical (unpaired) electrons. The van der Waals surface area contributed by atoms with E-state index in [0.717, 1.165) is 57.7 Å². The van der Waals surface area contributed by atoms with Gasteiger partial charge >= 0.3 is 6.09 Å². The second-order valence-electron chi connectivity index (χ2n) is 6.80. The molecule has 0 spiro atoms. The van der Waals surface area contributed by atoms with Crippen LogP contribution in [-0.2, 0) is 16.1 Å². The van der Waals surface area contributed by atoms with Crippen molar-refractivity contribution >= 4 is 12.0 Å². The molecule has 0 atom stereocenters. The number of ether oxygens (including phenoxy) is 1. The highest BCUT2D eigenvalue weighted by Gasteiger charge is 2.29. The number of piperidine rings is 1. The summed E-state index contributed by atoms with van der Waals surface area (Å²) in [7, 11) is 0. The average molecular weight is 345 g/mol. The number of carbonyl (C=O) groups is 2. The molecule has 0 N–H and O–H groups in total. The zero-order valence-electron chi connectivity index (χ0n) is 14.9. The summed E-state index contributed by atoms with van der Waals surface area (Å²) < 4.78 is 5.42. The van der Waals surface area contributed by atoms with E-state index in [1.165, 1.54) is 0 Å². The van der Waals surface area contributed by atoms with E-state index in [0.29, 0.717) is 12.6 Å². The Morgan fingerprint density at radius 3 is 2.20 bits per heavy atom. The topological polar surface area (TPSA) is 53.1 Å². The molecule has 1 aromatic carbocycles. The summed E-state index contributed by atoms with van der Waals surface area (Å²) in [5, 5.41) is 0. The Morgan fingerprint density at radius 1 is 0.960 bits per heavy atom. The fraction of sp³-hybridized carbons (Fsp3) is 0.579. The van der Waals surface area contributed by atoms with E-state index in [1.807, 2.05) is 40.1 Å². The van der Waals surface area contributed by atoms with E-state index in [-0.39, 0.29) is 12.0 Å². The van der Waals surface area contributed by atoms with Gasteiger partial charge < -0.3 is 14.5 Å². The van der Waals surface area contributed by atoms with Gasteiger partial charge in [-0.25, -0.2) is 4.79 Å². The zero-order valence-corrected chi connectivity index (χ0v) is 14.9. The van der Waals surface area contributed by atoms with Crippen molar-refractivity contribution in [2.45, 2.75) is 32.4 Å². The Morgan fingerprint density at radius 2 is 1.60 bits per heavy atom. The van der Waals surface area contributed by atoms with E-state index in [9.17, 15) is 9.59 Å². The smallest absolute Gasteiger partial charge is 0.410 e. The summed E-state index contributed by atoms with van der Waals surface area (Å²) in [5.41, 5.74) is 1.01. The minimum Gasteiger partial charge on any atom is -0.445 e. The Hall–Kier alpha value is -2.08. The minimum absolute atomic E-state index is 0.163. The van der Waals surface area contributed by atoms with Crippen LogP contribution in [0, 0.1) is 0 Å². The molecule has 0 unspecified atom stereocenters. The molecular formula is C19H27N3O3. The van der Waals surface area contributed by atoms with Gasteiger partial charge in [0.25, 0.3) is 0 Å². The van der Waals surface area contributed by atoms with Crippen LogP contribution in [0.1, 0.15) is 25.3 Å². The molecule has 3 rings (SSSR count). The molecular weight excluding hydrogens is 318 g/mol. The summed E-state index contributed by atoms with van der Waals surface area (Å²) in [4.78, 5) is 29.8. The molecule has 2 aliphatic rings. The third-order valence-electron chi connectivity index (χ3n) is 5.20.